The van der Waals surface area contributed by atoms with Gasteiger partial charge in [0, 0.05) is 6.04 Å². The SMILES string of the molecule is CC(C)N1C(=O)NC(=O)C2(CCC2)C1=O. The van der Waals surface area contributed by atoms with Crippen molar-refractivity contribution >= 4 is 17.8 Å². The monoisotopic (exact) mass is 210 g/mol. The van der Waals surface area contributed by atoms with E-state index >= 15 is 0 Å². The zero-order valence-corrected chi connectivity index (χ0v) is 8.87. The molecule has 0 unspecified atom stereocenters. The number of urea groups is 1. The first-order valence-electron chi connectivity index (χ1n) is 5.18. The normalized spacial score (nSPS) is 24.5. The van der Waals surface area contributed by atoms with E-state index in [1.54, 1.807) is 13.8 Å². The molecule has 0 aromatic carbocycles. The Balaban J connectivity index is 2.33. The molecule has 1 heterocycles. The predicted molar refractivity (Wildman–Crippen MR) is 51.8 cm³/mol. The fourth-order valence-corrected chi connectivity index (χ4v) is 2.14. The van der Waals surface area contributed by atoms with E-state index in [4.69, 9.17) is 0 Å². The Kier molecular flexibility index (Phi) is 2.06. The summed E-state index contributed by atoms with van der Waals surface area (Å²) in [5.41, 5.74) is -0.932. The van der Waals surface area contributed by atoms with Crippen LogP contribution in [0.2, 0.25) is 0 Å². The van der Waals surface area contributed by atoms with Gasteiger partial charge >= 0.3 is 6.03 Å². The molecule has 1 aliphatic carbocycles. The Bertz CT molecular complexity index is 345. The van der Waals surface area contributed by atoms with Gasteiger partial charge < -0.3 is 0 Å². The number of carbonyl (C=O) groups excluding carboxylic acids is 3. The molecule has 1 spiro atoms. The lowest BCUT2D eigenvalue weighted by atomic mass is 9.66. The molecule has 5 heteroatoms. The van der Waals surface area contributed by atoms with Gasteiger partial charge in [-0.25, -0.2) is 4.79 Å². The number of rotatable bonds is 1. The number of amides is 4. The van der Waals surface area contributed by atoms with Gasteiger partial charge in [0.05, 0.1) is 0 Å². The summed E-state index contributed by atoms with van der Waals surface area (Å²) < 4.78 is 0. The fraction of sp³-hybridized carbons (Fsp3) is 0.700. The van der Waals surface area contributed by atoms with Gasteiger partial charge in [0.1, 0.15) is 5.41 Å². The average molecular weight is 210 g/mol. The minimum Gasteiger partial charge on any atom is -0.277 e. The standard InChI is InChI=1S/C10H14N2O3/c1-6(2)12-8(14)10(4-3-5-10)7(13)11-9(12)15/h6H,3-5H2,1-2H3,(H,11,13,15). The number of hydrogen-bond donors (Lipinski definition) is 1. The third-order valence-corrected chi connectivity index (χ3v) is 3.23. The molecule has 1 saturated carbocycles. The molecule has 0 atom stereocenters. The van der Waals surface area contributed by atoms with E-state index in [1.165, 1.54) is 0 Å². The van der Waals surface area contributed by atoms with Crippen LogP contribution in [0.3, 0.4) is 0 Å². The molecule has 2 aliphatic rings. The molecule has 1 saturated heterocycles. The molecule has 0 aromatic heterocycles. The van der Waals surface area contributed by atoms with Crippen LogP contribution in [0.5, 0.6) is 0 Å². The van der Waals surface area contributed by atoms with Crippen LogP contribution in [-0.2, 0) is 9.59 Å². The molecule has 82 valence electrons. The summed E-state index contributed by atoms with van der Waals surface area (Å²) in [7, 11) is 0. The number of hydrogen-bond acceptors (Lipinski definition) is 3. The van der Waals surface area contributed by atoms with E-state index in [0.717, 1.165) is 11.3 Å². The highest BCUT2D eigenvalue weighted by Gasteiger charge is 2.57. The lowest BCUT2D eigenvalue weighted by molar-refractivity contribution is -0.158. The van der Waals surface area contributed by atoms with E-state index in [9.17, 15) is 14.4 Å². The van der Waals surface area contributed by atoms with Crippen LogP contribution in [0.4, 0.5) is 4.79 Å². The van der Waals surface area contributed by atoms with E-state index < -0.39 is 17.4 Å². The van der Waals surface area contributed by atoms with Crippen molar-refractivity contribution in [3.63, 3.8) is 0 Å². The van der Waals surface area contributed by atoms with E-state index in [1.807, 2.05) is 0 Å². The van der Waals surface area contributed by atoms with Crippen LogP contribution >= 0.6 is 0 Å². The molecular weight excluding hydrogens is 196 g/mol. The van der Waals surface area contributed by atoms with Crippen molar-refractivity contribution in [2.45, 2.75) is 39.2 Å². The first-order valence-corrected chi connectivity index (χ1v) is 5.18. The van der Waals surface area contributed by atoms with Crippen molar-refractivity contribution in [2.75, 3.05) is 0 Å². The van der Waals surface area contributed by atoms with Gasteiger partial charge in [-0.1, -0.05) is 6.42 Å². The number of barbiturate groups is 1. The maximum absolute atomic E-state index is 12.0. The van der Waals surface area contributed by atoms with E-state index in [0.29, 0.717) is 12.8 Å². The van der Waals surface area contributed by atoms with Crippen LogP contribution in [0.25, 0.3) is 0 Å². The van der Waals surface area contributed by atoms with Crippen LogP contribution in [0.1, 0.15) is 33.1 Å². The van der Waals surface area contributed by atoms with Crippen LogP contribution in [-0.4, -0.2) is 28.8 Å². The summed E-state index contributed by atoms with van der Waals surface area (Å²) in [6, 6.07) is -0.791. The lowest BCUT2D eigenvalue weighted by Gasteiger charge is -2.45. The maximum Gasteiger partial charge on any atom is 0.331 e. The number of nitrogens with one attached hydrogen (secondary N) is 1. The topological polar surface area (TPSA) is 66.5 Å². The molecule has 0 aromatic rings. The molecule has 1 N–H and O–H groups in total. The lowest BCUT2D eigenvalue weighted by Crippen LogP contribution is -2.67. The molecular formula is C10H14N2O3. The Hall–Kier alpha value is -1.39. The van der Waals surface area contributed by atoms with Crippen LogP contribution in [0, 0.1) is 5.41 Å². The second-order valence-electron chi connectivity index (χ2n) is 4.46. The van der Waals surface area contributed by atoms with Crippen molar-refractivity contribution in [3.8, 4) is 0 Å². The molecule has 1 aliphatic heterocycles. The summed E-state index contributed by atoms with van der Waals surface area (Å²) in [5, 5.41) is 2.26. The zero-order valence-electron chi connectivity index (χ0n) is 8.87. The third-order valence-electron chi connectivity index (χ3n) is 3.23. The average Bonchev–Trinajstić information content (AvgIpc) is 1.98. The van der Waals surface area contributed by atoms with Gasteiger partial charge in [0.2, 0.25) is 11.8 Å². The van der Waals surface area contributed by atoms with Gasteiger partial charge in [-0.05, 0) is 26.7 Å². The van der Waals surface area contributed by atoms with E-state index in [2.05, 4.69) is 5.32 Å². The minimum atomic E-state index is -0.932. The highest BCUT2D eigenvalue weighted by atomic mass is 16.2. The summed E-state index contributed by atoms with van der Waals surface area (Å²) >= 11 is 0. The van der Waals surface area contributed by atoms with Crippen molar-refractivity contribution in [1.82, 2.24) is 10.2 Å². The minimum absolute atomic E-state index is 0.205. The van der Waals surface area contributed by atoms with Gasteiger partial charge in [0.25, 0.3) is 0 Å². The second kappa shape index (κ2) is 3.05. The number of imide groups is 2. The maximum atomic E-state index is 12.0. The quantitative estimate of drug-likeness (QED) is 0.646. The third kappa shape index (κ3) is 1.19. The second-order valence-corrected chi connectivity index (χ2v) is 4.46. The highest BCUT2D eigenvalue weighted by Crippen LogP contribution is 2.44. The van der Waals surface area contributed by atoms with Crippen molar-refractivity contribution in [1.29, 1.82) is 0 Å². The first kappa shape index (κ1) is 10.1. The van der Waals surface area contributed by atoms with E-state index in [-0.39, 0.29) is 11.9 Å². The van der Waals surface area contributed by atoms with Crippen LogP contribution in [0.15, 0.2) is 0 Å². The van der Waals surface area contributed by atoms with Crippen molar-refractivity contribution in [2.24, 2.45) is 5.41 Å². The molecule has 15 heavy (non-hydrogen) atoms. The largest absolute Gasteiger partial charge is 0.331 e. The zero-order chi connectivity index (χ0) is 11.2. The summed E-state index contributed by atoms with van der Waals surface area (Å²) in [4.78, 5) is 36.3. The Morgan fingerprint density at radius 1 is 1.27 bits per heavy atom. The molecule has 0 radical (unpaired) electrons. The Labute approximate surface area is 87.8 Å². The van der Waals surface area contributed by atoms with Crippen molar-refractivity contribution in [3.05, 3.63) is 0 Å². The number of nitrogens with zero attached hydrogens (tertiary/aromatic N) is 1. The Morgan fingerprint density at radius 2 is 1.87 bits per heavy atom. The molecule has 4 amide bonds. The smallest absolute Gasteiger partial charge is 0.277 e. The van der Waals surface area contributed by atoms with Crippen molar-refractivity contribution < 1.29 is 14.4 Å². The van der Waals surface area contributed by atoms with Gasteiger partial charge in [0.15, 0.2) is 0 Å². The van der Waals surface area contributed by atoms with Gasteiger partial charge in [-0.15, -0.1) is 0 Å². The summed E-state index contributed by atoms with van der Waals surface area (Å²) in [6.45, 7) is 3.53. The highest BCUT2D eigenvalue weighted by molar-refractivity contribution is 6.19. The molecule has 5 nitrogen and oxygen atoms in total. The molecule has 2 fully saturated rings. The van der Waals surface area contributed by atoms with Gasteiger partial charge in [-0.2, -0.15) is 0 Å². The molecule has 2 rings (SSSR count). The summed E-state index contributed by atoms with van der Waals surface area (Å²) in [5.74, 6) is -0.738. The van der Waals surface area contributed by atoms with Crippen LogP contribution < -0.4 is 5.32 Å². The fourth-order valence-electron chi connectivity index (χ4n) is 2.14. The molecule has 0 bridgehead atoms. The number of carbonyl (C=O) groups is 3. The first-order chi connectivity index (χ1) is 6.99. The predicted octanol–water partition coefficient (Wildman–Crippen LogP) is 0.643. The summed E-state index contributed by atoms with van der Waals surface area (Å²) in [6.07, 6.45) is 2.00. The van der Waals surface area contributed by atoms with Gasteiger partial charge in [-0.3, -0.25) is 19.8 Å². The Morgan fingerprint density at radius 3 is 2.27 bits per heavy atom.